The highest BCUT2D eigenvalue weighted by Gasteiger charge is 2.45. The number of rotatable bonds is 13. The predicted molar refractivity (Wildman–Crippen MR) is 169 cm³/mol. The summed E-state index contributed by atoms with van der Waals surface area (Å²) in [5.74, 6) is -1.86. The van der Waals surface area contributed by atoms with Gasteiger partial charge in [-0.05, 0) is 42.7 Å². The molecule has 2 saturated carbocycles. The third kappa shape index (κ3) is 7.26. The van der Waals surface area contributed by atoms with Gasteiger partial charge in [0, 0.05) is 31.1 Å². The summed E-state index contributed by atoms with van der Waals surface area (Å²) in [5, 5.41) is 34.3. The van der Waals surface area contributed by atoms with Crippen molar-refractivity contribution >= 4 is 40.7 Å². The number of ether oxygens (including phenoxy) is 3. The van der Waals surface area contributed by atoms with Gasteiger partial charge in [0.25, 0.3) is 0 Å². The van der Waals surface area contributed by atoms with Crippen LogP contribution in [0.25, 0.3) is 11.2 Å². The van der Waals surface area contributed by atoms with Gasteiger partial charge in [0.15, 0.2) is 33.8 Å². The Morgan fingerprint density at radius 2 is 1.88 bits per heavy atom. The van der Waals surface area contributed by atoms with Gasteiger partial charge in [0.05, 0.1) is 18.8 Å². The van der Waals surface area contributed by atoms with E-state index in [1.807, 2.05) is 6.92 Å². The van der Waals surface area contributed by atoms with Crippen molar-refractivity contribution in [1.29, 1.82) is 0 Å². The zero-order valence-corrected chi connectivity index (χ0v) is 26.9. The molecule has 2 heterocycles. The summed E-state index contributed by atoms with van der Waals surface area (Å²) in [6, 6.07) is 9.24. The monoisotopic (exact) mass is 684 g/mol. The molecule has 2 aromatic heterocycles. The van der Waals surface area contributed by atoms with E-state index in [4.69, 9.17) is 14.2 Å². The number of fused-ring (bicyclic) bond motifs is 1. The van der Waals surface area contributed by atoms with E-state index in [0.717, 1.165) is 18.2 Å². The third-order valence-electron chi connectivity index (χ3n) is 8.14. The van der Waals surface area contributed by atoms with Crippen molar-refractivity contribution in [3.8, 4) is 5.75 Å². The minimum absolute atomic E-state index is 0.0421. The van der Waals surface area contributed by atoms with Crippen molar-refractivity contribution in [3.63, 3.8) is 0 Å². The molecule has 1 unspecified atom stereocenters. The first-order valence-corrected chi connectivity index (χ1v) is 16.5. The molecule has 2 aliphatic carbocycles. The van der Waals surface area contributed by atoms with Crippen LogP contribution in [0.1, 0.15) is 61.0 Å². The van der Waals surface area contributed by atoms with Crippen LogP contribution >= 0.6 is 11.8 Å². The number of anilines is 1. The Kier molecular flexibility index (Phi) is 10.1. The number of hydrogen-bond acceptors (Lipinski definition) is 13. The van der Waals surface area contributed by atoms with Gasteiger partial charge in [-0.15, -0.1) is 5.10 Å². The van der Waals surface area contributed by atoms with Crippen LogP contribution in [0.2, 0.25) is 0 Å². The zero-order chi connectivity index (χ0) is 33.9. The highest BCUT2D eigenvalue weighted by Crippen LogP contribution is 2.44. The minimum Gasteiger partial charge on any atom is -0.460 e. The van der Waals surface area contributed by atoms with Crippen LogP contribution in [-0.2, 0) is 14.3 Å². The second-order valence-electron chi connectivity index (χ2n) is 11.6. The molecular formula is C32H34F2N6O7S. The van der Waals surface area contributed by atoms with Gasteiger partial charge in [-0.1, -0.05) is 42.1 Å². The fraction of sp³-hybridized carbons (Fsp3) is 0.438. The van der Waals surface area contributed by atoms with Crippen molar-refractivity contribution < 1.29 is 42.8 Å². The zero-order valence-electron chi connectivity index (χ0n) is 26.1. The molecule has 0 aliphatic heterocycles. The van der Waals surface area contributed by atoms with Crippen LogP contribution in [0.4, 0.5) is 14.6 Å². The molecule has 2 aromatic carbocycles. The lowest BCUT2D eigenvalue weighted by Crippen LogP contribution is -2.33. The Morgan fingerprint density at radius 3 is 2.65 bits per heavy atom. The molecule has 6 atom stereocenters. The lowest BCUT2D eigenvalue weighted by atomic mass is 10.1. The average Bonchev–Trinajstić information content (AvgIpc) is 3.61. The van der Waals surface area contributed by atoms with E-state index in [2.05, 4.69) is 25.6 Å². The van der Waals surface area contributed by atoms with E-state index in [1.54, 1.807) is 18.2 Å². The first kappa shape index (κ1) is 33.6. The summed E-state index contributed by atoms with van der Waals surface area (Å²) in [6.07, 6.45) is -1.62. The molecule has 16 heteroatoms. The smallest absolute Gasteiger partial charge is 0.342 e. The molecule has 0 amide bonds. The van der Waals surface area contributed by atoms with Gasteiger partial charge in [-0.3, -0.25) is 4.79 Å². The molecule has 2 aliphatic rings. The molecular weight excluding hydrogens is 650 g/mol. The van der Waals surface area contributed by atoms with Crippen LogP contribution in [0.15, 0.2) is 47.6 Å². The summed E-state index contributed by atoms with van der Waals surface area (Å²) in [6.45, 7) is 3.03. The SMILES string of the molecule is CCCSc1nc(NC2C[C@H]2c2ccc(F)c(F)c2)c2nnn([C@@H]3C[C@H](OCCOC(=O)c4ccccc4OC(C)=O)[C@@H](O)[C@H]3O)c2n1. The lowest BCUT2D eigenvalue weighted by molar-refractivity contribution is -0.131. The van der Waals surface area contributed by atoms with Gasteiger partial charge in [-0.25, -0.2) is 28.2 Å². The average molecular weight is 685 g/mol. The maximum absolute atomic E-state index is 13.8. The molecule has 0 saturated heterocycles. The fourth-order valence-corrected chi connectivity index (χ4v) is 6.39. The number of carbonyl (C=O) groups excluding carboxylic acids is 2. The number of thioether (sulfide) groups is 1. The number of halogens is 2. The first-order valence-electron chi connectivity index (χ1n) is 15.5. The van der Waals surface area contributed by atoms with Crippen LogP contribution in [0.5, 0.6) is 5.75 Å². The van der Waals surface area contributed by atoms with E-state index >= 15 is 0 Å². The molecule has 6 rings (SSSR count). The fourth-order valence-electron chi connectivity index (χ4n) is 5.70. The number of aliphatic hydroxyl groups is 2. The minimum atomic E-state index is -1.27. The molecule has 0 radical (unpaired) electrons. The van der Waals surface area contributed by atoms with Gasteiger partial charge < -0.3 is 29.7 Å². The van der Waals surface area contributed by atoms with E-state index in [9.17, 15) is 28.6 Å². The molecule has 13 nitrogen and oxygen atoms in total. The summed E-state index contributed by atoms with van der Waals surface area (Å²) in [5.41, 5.74) is 1.47. The number of para-hydroxylation sites is 1. The number of nitrogens with one attached hydrogen (secondary N) is 1. The van der Waals surface area contributed by atoms with E-state index in [0.29, 0.717) is 34.1 Å². The first-order chi connectivity index (χ1) is 23.1. The van der Waals surface area contributed by atoms with Crippen molar-refractivity contribution in [3.05, 3.63) is 65.2 Å². The van der Waals surface area contributed by atoms with E-state index < -0.39 is 47.9 Å². The van der Waals surface area contributed by atoms with Crippen LogP contribution in [0, 0.1) is 11.6 Å². The maximum atomic E-state index is 13.8. The van der Waals surface area contributed by atoms with Gasteiger partial charge in [0.2, 0.25) is 0 Å². The van der Waals surface area contributed by atoms with Crippen molar-refractivity contribution in [1.82, 2.24) is 25.0 Å². The summed E-state index contributed by atoms with van der Waals surface area (Å²) in [4.78, 5) is 33.3. The molecule has 0 bridgehead atoms. The summed E-state index contributed by atoms with van der Waals surface area (Å²) >= 11 is 1.45. The summed E-state index contributed by atoms with van der Waals surface area (Å²) in [7, 11) is 0. The number of benzene rings is 2. The van der Waals surface area contributed by atoms with Crippen molar-refractivity contribution in [2.45, 2.75) is 74.6 Å². The normalized spacial score (nSPS) is 23.3. The highest BCUT2D eigenvalue weighted by molar-refractivity contribution is 7.99. The molecule has 3 N–H and O–H groups in total. The van der Waals surface area contributed by atoms with Gasteiger partial charge >= 0.3 is 11.9 Å². The Balaban J connectivity index is 1.13. The van der Waals surface area contributed by atoms with Crippen molar-refractivity contribution in [2.75, 3.05) is 24.3 Å². The predicted octanol–water partition coefficient (Wildman–Crippen LogP) is 3.80. The number of aliphatic hydroxyl groups excluding tert-OH is 2. The Hall–Kier alpha value is -4.25. The standard InChI is InChI=1S/C32H34F2N6O7S/c1-3-12-48-32-36-29(35-22-14-19(22)17-8-9-20(33)21(34)13-17)26-30(37-32)40(39-38-26)23-15-25(28(43)27(23)42)45-10-11-46-31(44)18-6-4-5-7-24(18)47-16(2)41/h4-9,13,19,22-23,25,27-28,42-43H,3,10-12,14-15H2,1-2H3,(H,35,36,37)/t19-,22?,23+,25-,27-,28+/m0/s1. The topological polar surface area (TPSA) is 171 Å². The largest absolute Gasteiger partial charge is 0.460 e. The van der Waals surface area contributed by atoms with Gasteiger partial charge in [0.1, 0.15) is 30.1 Å². The molecule has 4 aromatic rings. The molecule has 0 spiro atoms. The van der Waals surface area contributed by atoms with Crippen LogP contribution in [-0.4, -0.2) is 90.4 Å². The number of aromatic nitrogens is 5. The van der Waals surface area contributed by atoms with Crippen molar-refractivity contribution in [2.24, 2.45) is 0 Å². The number of carbonyl (C=O) groups is 2. The quantitative estimate of drug-likeness (QED) is 0.0612. The second kappa shape index (κ2) is 14.5. The second-order valence-corrected chi connectivity index (χ2v) is 12.7. The Morgan fingerprint density at radius 1 is 1.06 bits per heavy atom. The maximum Gasteiger partial charge on any atom is 0.342 e. The number of nitrogens with zero attached hydrogens (tertiary/aromatic N) is 5. The molecule has 48 heavy (non-hydrogen) atoms. The Labute approximate surface area is 278 Å². The number of esters is 2. The van der Waals surface area contributed by atoms with E-state index in [1.165, 1.54) is 41.6 Å². The van der Waals surface area contributed by atoms with Gasteiger partial charge in [-0.2, -0.15) is 0 Å². The lowest BCUT2D eigenvalue weighted by Gasteiger charge is -2.17. The van der Waals surface area contributed by atoms with E-state index in [-0.39, 0.29) is 42.9 Å². The third-order valence-corrected chi connectivity index (χ3v) is 9.20. The molecule has 2 fully saturated rings. The number of hydrogen-bond donors (Lipinski definition) is 3. The van der Waals surface area contributed by atoms with Crippen LogP contribution in [0.3, 0.4) is 0 Å². The summed E-state index contributed by atoms with van der Waals surface area (Å²) < 4.78 is 44.9. The molecule has 254 valence electrons. The van der Waals surface area contributed by atoms with Crippen LogP contribution < -0.4 is 10.1 Å². The highest BCUT2D eigenvalue weighted by atomic mass is 32.2. The Bertz CT molecular complexity index is 1810.